The van der Waals surface area contributed by atoms with Crippen LogP contribution in [0.25, 0.3) is 5.76 Å². The summed E-state index contributed by atoms with van der Waals surface area (Å²) in [5, 5.41) is 11.8. The van der Waals surface area contributed by atoms with Crippen molar-refractivity contribution in [3.8, 4) is 5.75 Å². The summed E-state index contributed by atoms with van der Waals surface area (Å²) >= 11 is 0. The van der Waals surface area contributed by atoms with Crippen LogP contribution in [0.1, 0.15) is 56.2 Å². The Morgan fingerprint density at radius 1 is 1.16 bits per heavy atom. The number of hydrogen-bond donors (Lipinski definition) is 1. The molecule has 2 fully saturated rings. The zero-order valence-corrected chi connectivity index (χ0v) is 21.7. The highest BCUT2D eigenvalue weighted by Gasteiger charge is 2.67. The molecule has 2 aromatic carbocycles. The number of fused-ring (bicyclic) bond motifs is 3. The van der Waals surface area contributed by atoms with E-state index in [9.17, 15) is 19.5 Å². The largest absolute Gasteiger partial charge is 0.507 e. The number of ketones is 1. The molecule has 198 valence electrons. The van der Waals surface area contributed by atoms with Crippen molar-refractivity contribution in [1.29, 1.82) is 0 Å². The second kappa shape index (κ2) is 9.27. The van der Waals surface area contributed by atoms with Gasteiger partial charge in [0, 0.05) is 37.2 Å². The Kier molecular flexibility index (Phi) is 6.02. The lowest BCUT2D eigenvalue weighted by Crippen LogP contribution is -2.54. The Hall–Kier alpha value is -3.65. The van der Waals surface area contributed by atoms with Gasteiger partial charge in [0.15, 0.2) is 5.54 Å². The van der Waals surface area contributed by atoms with Crippen molar-refractivity contribution in [1.82, 2.24) is 4.90 Å². The smallest absolute Gasteiger partial charge is 0.296 e. The molecule has 6 rings (SSSR count). The number of carbonyl (C=O) groups excluding carboxylic acids is 3. The Morgan fingerprint density at radius 2 is 1.97 bits per heavy atom. The van der Waals surface area contributed by atoms with Gasteiger partial charge in [-0.05, 0) is 56.0 Å². The molecule has 1 N–H and O–H groups in total. The quantitative estimate of drug-likeness (QED) is 0.355. The van der Waals surface area contributed by atoms with Gasteiger partial charge < -0.3 is 24.4 Å². The highest BCUT2D eigenvalue weighted by atomic mass is 16.5. The van der Waals surface area contributed by atoms with Crippen LogP contribution in [-0.2, 0) is 31.1 Å². The van der Waals surface area contributed by atoms with Crippen LogP contribution in [-0.4, -0.2) is 59.5 Å². The molecule has 2 saturated heterocycles. The number of hydrogen-bond acceptors (Lipinski definition) is 6. The number of rotatable bonds is 6. The fourth-order valence-electron chi connectivity index (χ4n) is 6.36. The molecule has 38 heavy (non-hydrogen) atoms. The SMILES string of the molecule is CCCCN1C(=O)[C@]2(C(=C(O)c3ccc4c(c3)C[C@H](C)O4)C(=O)C(=O)N2C[C@@H]2CCCO2)c2ccccc21. The topological polar surface area (TPSA) is 96.4 Å². The molecule has 2 amide bonds. The van der Waals surface area contributed by atoms with Crippen molar-refractivity contribution < 1.29 is 29.0 Å². The van der Waals surface area contributed by atoms with E-state index in [2.05, 4.69) is 0 Å². The van der Waals surface area contributed by atoms with Crippen molar-refractivity contribution in [3.05, 3.63) is 64.7 Å². The zero-order chi connectivity index (χ0) is 26.6. The molecule has 2 aromatic rings. The lowest BCUT2D eigenvalue weighted by atomic mass is 9.81. The zero-order valence-electron chi connectivity index (χ0n) is 21.7. The number of nitrogens with zero attached hydrogens (tertiary/aromatic N) is 2. The van der Waals surface area contributed by atoms with E-state index in [4.69, 9.17) is 9.47 Å². The van der Waals surface area contributed by atoms with Crippen LogP contribution in [0.4, 0.5) is 5.69 Å². The first-order chi connectivity index (χ1) is 18.4. The maximum Gasteiger partial charge on any atom is 0.296 e. The lowest BCUT2D eigenvalue weighted by molar-refractivity contribution is -0.145. The molecule has 0 radical (unpaired) electrons. The first kappa shape index (κ1) is 24.7. The van der Waals surface area contributed by atoms with Crippen molar-refractivity contribution in [2.75, 3.05) is 24.6 Å². The van der Waals surface area contributed by atoms with Crippen molar-refractivity contribution in [2.45, 2.75) is 63.7 Å². The number of anilines is 1. The summed E-state index contributed by atoms with van der Waals surface area (Å²) in [5.74, 6) is -1.65. The molecular weight excluding hydrogens is 484 g/mol. The van der Waals surface area contributed by atoms with Crippen LogP contribution in [0, 0.1) is 0 Å². The van der Waals surface area contributed by atoms with Crippen molar-refractivity contribution >= 4 is 29.0 Å². The van der Waals surface area contributed by atoms with Gasteiger partial charge in [-0.1, -0.05) is 31.5 Å². The number of aliphatic hydroxyl groups excluding tert-OH is 1. The number of benzene rings is 2. The molecule has 0 saturated carbocycles. The number of aliphatic hydroxyl groups is 1. The average molecular weight is 517 g/mol. The minimum Gasteiger partial charge on any atom is -0.507 e. The molecule has 0 bridgehead atoms. The number of Topliss-reactive ketones (excluding diaryl/α,β-unsaturated/α-hetero) is 1. The second-order valence-electron chi connectivity index (χ2n) is 10.6. The van der Waals surface area contributed by atoms with Crippen LogP contribution in [0.2, 0.25) is 0 Å². The number of carbonyl (C=O) groups is 3. The van der Waals surface area contributed by atoms with Crippen LogP contribution in [0.15, 0.2) is 48.0 Å². The normalized spacial score (nSPS) is 27.4. The minimum absolute atomic E-state index is 0.00777. The van der Waals surface area contributed by atoms with Gasteiger partial charge in [0.25, 0.3) is 17.6 Å². The van der Waals surface area contributed by atoms with Gasteiger partial charge >= 0.3 is 0 Å². The summed E-state index contributed by atoms with van der Waals surface area (Å²) in [6, 6.07) is 12.5. The highest BCUT2D eigenvalue weighted by molar-refractivity contribution is 6.50. The number of ether oxygens (including phenoxy) is 2. The van der Waals surface area contributed by atoms with Gasteiger partial charge in [0.2, 0.25) is 0 Å². The predicted octanol–water partition coefficient (Wildman–Crippen LogP) is 3.91. The third-order valence-corrected chi connectivity index (χ3v) is 8.12. The molecule has 1 spiro atoms. The standard InChI is InChI=1S/C30H32N2O6/c1-3-4-13-31-23-10-6-5-9-22(23)30(29(31)36)25(27(34)28(35)32(30)17-21-8-7-14-37-21)26(33)19-11-12-24-20(16-19)15-18(2)38-24/h5-6,9-12,16,18,21,33H,3-4,7-8,13-15,17H2,1-2H3/t18-,21-,30+/m0/s1. The molecule has 0 aromatic heterocycles. The van der Waals surface area contributed by atoms with Gasteiger partial charge in [-0.15, -0.1) is 0 Å². The Balaban J connectivity index is 1.57. The van der Waals surface area contributed by atoms with Crippen LogP contribution >= 0.6 is 0 Å². The fraction of sp³-hybridized carbons (Fsp3) is 0.433. The number of para-hydroxylation sites is 1. The Morgan fingerprint density at radius 3 is 2.74 bits per heavy atom. The number of likely N-dealkylation sites (tertiary alicyclic amines) is 1. The van der Waals surface area contributed by atoms with Crippen molar-refractivity contribution in [2.24, 2.45) is 0 Å². The molecule has 0 aliphatic carbocycles. The summed E-state index contributed by atoms with van der Waals surface area (Å²) in [6.07, 6.45) is 3.61. The van der Waals surface area contributed by atoms with Gasteiger partial charge in [-0.3, -0.25) is 14.4 Å². The predicted molar refractivity (Wildman–Crippen MR) is 141 cm³/mol. The first-order valence-electron chi connectivity index (χ1n) is 13.5. The summed E-state index contributed by atoms with van der Waals surface area (Å²) in [4.78, 5) is 45.0. The van der Waals surface area contributed by atoms with Crippen LogP contribution in [0.5, 0.6) is 5.75 Å². The lowest BCUT2D eigenvalue weighted by Gasteiger charge is -2.35. The second-order valence-corrected chi connectivity index (χ2v) is 10.6. The van der Waals surface area contributed by atoms with Crippen LogP contribution < -0.4 is 9.64 Å². The molecule has 4 heterocycles. The van der Waals surface area contributed by atoms with Crippen molar-refractivity contribution in [3.63, 3.8) is 0 Å². The third kappa shape index (κ3) is 3.50. The van der Waals surface area contributed by atoms with E-state index in [0.717, 1.165) is 37.0 Å². The molecule has 0 unspecified atom stereocenters. The maximum absolute atomic E-state index is 14.5. The molecule has 8 heteroatoms. The van der Waals surface area contributed by atoms with E-state index >= 15 is 0 Å². The third-order valence-electron chi connectivity index (χ3n) is 8.12. The minimum atomic E-state index is -1.75. The summed E-state index contributed by atoms with van der Waals surface area (Å²) in [7, 11) is 0. The summed E-state index contributed by atoms with van der Waals surface area (Å²) in [5.41, 5.74) is 0.561. The van der Waals surface area contributed by atoms with E-state index in [1.807, 2.05) is 26.0 Å². The number of amides is 2. The van der Waals surface area contributed by atoms with E-state index in [1.165, 1.54) is 4.90 Å². The highest BCUT2D eigenvalue weighted by Crippen LogP contribution is 2.54. The Labute approximate surface area is 221 Å². The molecular formula is C30H32N2O6. The average Bonchev–Trinajstić information content (AvgIpc) is 3.66. The fourth-order valence-corrected chi connectivity index (χ4v) is 6.36. The van der Waals surface area contributed by atoms with Crippen LogP contribution in [0.3, 0.4) is 0 Å². The Bertz CT molecular complexity index is 1360. The maximum atomic E-state index is 14.5. The summed E-state index contributed by atoms with van der Waals surface area (Å²) < 4.78 is 11.6. The van der Waals surface area contributed by atoms with Gasteiger partial charge in [-0.2, -0.15) is 0 Å². The first-order valence-corrected chi connectivity index (χ1v) is 13.5. The summed E-state index contributed by atoms with van der Waals surface area (Å²) in [6.45, 7) is 5.13. The van der Waals surface area contributed by atoms with E-state index in [0.29, 0.717) is 36.4 Å². The molecule has 8 nitrogen and oxygen atoms in total. The van der Waals surface area contributed by atoms with E-state index in [1.54, 1.807) is 35.2 Å². The van der Waals surface area contributed by atoms with Gasteiger partial charge in [-0.25, -0.2) is 0 Å². The van der Waals surface area contributed by atoms with Gasteiger partial charge in [0.05, 0.1) is 17.4 Å². The number of unbranched alkanes of at least 4 members (excludes halogenated alkanes) is 1. The molecule has 4 aliphatic heterocycles. The van der Waals surface area contributed by atoms with Gasteiger partial charge in [0.1, 0.15) is 17.6 Å². The monoisotopic (exact) mass is 516 g/mol. The molecule has 3 atom stereocenters. The van der Waals surface area contributed by atoms with E-state index in [-0.39, 0.29) is 36.0 Å². The van der Waals surface area contributed by atoms with E-state index < -0.39 is 17.2 Å². The molecule has 4 aliphatic rings.